The number of carbonyl (C=O) groups excluding carboxylic acids is 1. The van der Waals surface area contributed by atoms with E-state index >= 15 is 0 Å². The maximum Gasteiger partial charge on any atom is 0.239 e. The molecule has 0 aliphatic carbocycles. The molecular formula is C23H27N7O. The number of aromatic nitrogens is 2. The number of allylic oxidation sites excluding steroid dienone is 1. The van der Waals surface area contributed by atoms with Crippen LogP contribution in [0, 0.1) is 0 Å². The Morgan fingerprint density at radius 2 is 2.06 bits per heavy atom. The Hall–Kier alpha value is -3.81. The van der Waals surface area contributed by atoms with E-state index in [0.29, 0.717) is 25.6 Å². The molecule has 4 rings (SSSR count). The Morgan fingerprint density at radius 1 is 1.23 bits per heavy atom. The SMILES string of the molecule is CC1=CNC(=NCCc2ccccc2)CN1CC(=O)NCc1ccc2nc(N)[nH]c2c1. The molecule has 0 unspecified atom stereocenters. The van der Waals surface area contributed by atoms with Crippen molar-refractivity contribution in [2.75, 3.05) is 25.4 Å². The second kappa shape index (κ2) is 9.34. The number of nitrogens with zero attached hydrogens (tertiary/aromatic N) is 3. The number of hydrogen-bond donors (Lipinski definition) is 4. The minimum absolute atomic E-state index is 0.0393. The van der Waals surface area contributed by atoms with Gasteiger partial charge in [-0.05, 0) is 36.6 Å². The first-order valence-corrected chi connectivity index (χ1v) is 10.3. The number of amides is 1. The molecule has 0 fully saturated rings. The molecule has 1 aromatic heterocycles. The van der Waals surface area contributed by atoms with Gasteiger partial charge in [0.25, 0.3) is 0 Å². The van der Waals surface area contributed by atoms with Crippen molar-refractivity contribution in [3.05, 3.63) is 71.6 Å². The van der Waals surface area contributed by atoms with Crippen molar-refractivity contribution >= 4 is 28.7 Å². The molecule has 160 valence electrons. The molecule has 0 saturated carbocycles. The minimum atomic E-state index is -0.0393. The zero-order valence-electron chi connectivity index (χ0n) is 17.6. The lowest BCUT2D eigenvalue weighted by Crippen LogP contribution is -2.44. The van der Waals surface area contributed by atoms with Gasteiger partial charge in [-0.25, -0.2) is 4.98 Å². The minimum Gasteiger partial charge on any atom is -0.369 e. The average molecular weight is 418 g/mol. The Labute approximate surface area is 181 Å². The van der Waals surface area contributed by atoms with Crippen molar-refractivity contribution in [3.63, 3.8) is 0 Å². The maximum absolute atomic E-state index is 12.5. The third-order valence-electron chi connectivity index (χ3n) is 5.22. The molecular weight excluding hydrogens is 390 g/mol. The third kappa shape index (κ3) is 5.42. The van der Waals surface area contributed by atoms with Crippen LogP contribution < -0.4 is 16.4 Å². The first kappa shape index (κ1) is 20.5. The number of aliphatic imine (C=N–C) groups is 1. The monoisotopic (exact) mass is 417 g/mol. The number of fused-ring (bicyclic) bond motifs is 1. The van der Waals surface area contributed by atoms with Gasteiger partial charge < -0.3 is 26.3 Å². The van der Waals surface area contributed by atoms with E-state index in [9.17, 15) is 4.79 Å². The lowest BCUT2D eigenvalue weighted by atomic mass is 10.1. The van der Waals surface area contributed by atoms with Gasteiger partial charge in [0.05, 0.1) is 24.1 Å². The summed E-state index contributed by atoms with van der Waals surface area (Å²) in [5, 5.41) is 6.21. The summed E-state index contributed by atoms with van der Waals surface area (Å²) in [7, 11) is 0. The van der Waals surface area contributed by atoms with Crippen molar-refractivity contribution in [3.8, 4) is 0 Å². The molecule has 1 aliphatic heterocycles. The number of H-pyrrole nitrogens is 1. The van der Waals surface area contributed by atoms with Crippen molar-refractivity contribution in [1.29, 1.82) is 0 Å². The van der Waals surface area contributed by atoms with Gasteiger partial charge in [0.2, 0.25) is 5.91 Å². The largest absolute Gasteiger partial charge is 0.369 e. The smallest absolute Gasteiger partial charge is 0.239 e. The summed E-state index contributed by atoms with van der Waals surface area (Å²) in [4.78, 5) is 26.4. The zero-order chi connectivity index (χ0) is 21.6. The van der Waals surface area contributed by atoms with Crippen molar-refractivity contribution in [2.24, 2.45) is 4.99 Å². The Morgan fingerprint density at radius 3 is 2.90 bits per heavy atom. The average Bonchev–Trinajstić information content (AvgIpc) is 3.14. The number of aromatic amines is 1. The summed E-state index contributed by atoms with van der Waals surface area (Å²) >= 11 is 0. The number of rotatable bonds is 7. The number of hydrogen-bond acceptors (Lipinski definition) is 5. The van der Waals surface area contributed by atoms with Gasteiger partial charge in [-0.1, -0.05) is 36.4 Å². The summed E-state index contributed by atoms with van der Waals surface area (Å²) < 4.78 is 0. The molecule has 5 N–H and O–H groups in total. The van der Waals surface area contributed by atoms with Gasteiger partial charge in [0.15, 0.2) is 5.95 Å². The summed E-state index contributed by atoms with van der Waals surface area (Å²) in [5.41, 5.74) is 10.6. The summed E-state index contributed by atoms with van der Waals surface area (Å²) in [6, 6.07) is 16.1. The van der Waals surface area contributed by atoms with Crippen LogP contribution in [0.3, 0.4) is 0 Å². The molecule has 0 saturated heterocycles. The molecule has 0 bridgehead atoms. The highest BCUT2D eigenvalue weighted by Gasteiger charge is 2.17. The van der Waals surface area contributed by atoms with Crippen LogP contribution in [0.2, 0.25) is 0 Å². The quantitative estimate of drug-likeness (QED) is 0.471. The second-order valence-electron chi connectivity index (χ2n) is 7.60. The highest BCUT2D eigenvalue weighted by atomic mass is 16.2. The fraction of sp³-hybridized carbons (Fsp3) is 0.261. The van der Waals surface area contributed by atoms with Gasteiger partial charge in [0.1, 0.15) is 5.84 Å². The van der Waals surface area contributed by atoms with Crippen LogP contribution in [0.15, 0.2) is 65.4 Å². The number of carbonyl (C=O) groups is 1. The molecule has 1 amide bonds. The van der Waals surface area contributed by atoms with Crippen molar-refractivity contribution < 1.29 is 4.79 Å². The molecule has 2 aromatic carbocycles. The number of nitrogens with one attached hydrogen (secondary N) is 3. The molecule has 31 heavy (non-hydrogen) atoms. The van der Waals surface area contributed by atoms with E-state index in [2.05, 4.69) is 37.7 Å². The molecule has 0 spiro atoms. The third-order valence-corrected chi connectivity index (χ3v) is 5.22. The van der Waals surface area contributed by atoms with E-state index in [1.165, 1.54) is 5.56 Å². The number of nitrogen functional groups attached to an aromatic ring is 1. The van der Waals surface area contributed by atoms with E-state index in [1.807, 2.05) is 54.4 Å². The Balaban J connectivity index is 1.28. The fourth-order valence-electron chi connectivity index (χ4n) is 3.49. The summed E-state index contributed by atoms with van der Waals surface area (Å²) in [6.07, 6.45) is 2.79. The molecule has 1 aliphatic rings. The van der Waals surface area contributed by atoms with Crippen LogP contribution in [0.1, 0.15) is 18.1 Å². The van der Waals surface area contributed by atoms with Crippen molar-refractivity contribution in [1.82, 2.24) is 25.5 Å². The van der Waals surface area contributed by atoms with Crippen molar-refractivity contribution in [2.45, 2.75) is 19.9 Å². The molecule has 8 heteroatoms. The molecule has 8 nitrogen and oxygen atoms in total. The standard InChI is InChI=1S/C23H27N7O/c1-16-12-26-21(25-10-9-17-5-3-2-4-6-17)14-30(16)15-22(31)27-13-18-7-8-19-20(11-18)29-23(24)28-19/h2-8,11-12H,9-10,13-15H2,1H3,(H,25,26)(H,27,31)(H3,24,28,29). The Bertz CT molecular complexity index is 1120. The lowest BCUT2D eigenvalue weighted by molar-refractivity contribution is -0.121. The van der Waals surface area contributed by atoms with E-state index in [0.717, 1.165) is 34.6 Å². The maximum atomic E-state index is 12.5. The van der Waals surface area contributed by atoms with Crippen LogP contribution in [0.4, 0.5) is 5.95 Å². The summed E-state index contributed by atoms with van der Waals surface area (Å²) in [5.74, 6) is 1.22. The van der Waals surface area contributed by atoms with Crippen LogP contribution >= 0.6 is 0 Å². The van der Waals surface area contributed by atoms with Crippen LogP contribution in [0.25, 0.3) is 11.0 Å². The summed E-state index contributed by atoms with van der Waals surface area (Å²) in [6.45, 7) is 4.00. The normalized spacial score (nSPS) is 15.1. The van der Waals surface area contributed by atoms with Crippen LogP contribution in [-0.4, -0.2) is 46.2 Å². The van der Waals surface area contributed by atoms with Gasteiger partial charge in [0, 0.05) is 25.0 Å². The van der Waals surface area contributed by atoms with E-state index < -0.39 is 0 Å². The zero-order valence-corrected chi connectivity index (χ0v) is 17.6. The van der Waals surface area contributed by atoms with E-state index in [-0.39, 0.29) is 12.5 Å². The predicted molar refractivity (Wildman–Crippen MR) is 123 cm³/mol. The lowest BCUT2D eigenvalue weighted by Gasteiger charge is -2.29. The number of anilines is 1. The predicted octanol–water partition coefficient (Wildman–Crippen LogP) is 2.17. The van der Waals surface area contributed by atoms with Gasteiger partial charge in [-0.3, -0.25) is 9.79 Å². The molecule has 0 radical (unpaired) electrons. The number of nitrogens with two attached hydrogens (primary N) is 1. The van der Waals surface area contributed by atoms with Crippen LogP contribution in [0.5, 0.6) is 0 Å². The van der Waals surface area contributed by atoms with Crippen LogP contribution in [-0.2, 0) is 17.8 Å². The highest BCUT2D eigenvalue weighted by molar-refractivity contribution is 5.87. The molecule has 2 heterocycles. The van der Waals surface area contributed by atoms with E-state index in [4.69, 9.17) is 5.73 Å². The first-order chi connectivity index (χ1) is 15.1. The molecule has 3 aromatic rings. The van der Waals surface area contributed by atoms with Gasteiger partial charge in [-0.15, -0.1) is 0 Å². The number of benzene rings is 2. The van der Waals surface area contributed by atoms with E-state index in [1.54, 1.807) is 0 Å². The number of amidine groups is 1. The van der Waals surface area contributed by atoms with Gasteiger partial charge in [-0.2, -0.15) is 0 Å². The highest BCUT2D eigenvalue weighted by Crippen LogP contribution is 2.14. The number of imidazole rings is 1. The fourth-order valence-corrected chi connectivity index (χ4v) is 3.49. The first-order valence-electron chi connectivity index (χ1n) is 10.3. The Kier molecular flexibility index (Phi) is 6.16. The second-order valence-corrected chi connectivity index (χ2v) is 7.60. The van der Waals surface area contributed by atoms with Gasteiger partial charge >= 0.3 is 0 Å². The molecule has 0 atom stereocenters. The topological polar surface area (TPSA) is 111 Å².